The summed E-state index contributed by atoms with van der Waals surface area (Å²) in [6.45, 7) is 6.82. The van der Waals surface area contributed by atoms with Crippen molar-refractivity contribution in [2.24, 2.45) is 0 Å². The van der Waals surface area contributed by atoms with Crippen LogP contribution in [-0.4, -0.2) is 18.3 Å². The number of rotatable bonds is 3. The van der Waals surface area contributed by atoms with Gasteiger partial charge in [-0.1, -0.05) is 11.6 Å². The smallest absolute Gasteiger partial charge is 0.303 e. The molecule has 68 valence electrons. The van der Waals surface area contributed by atoms with Crippen molar-refractivity contribution in [2.45, 2.75) is 26.4 Å². The lowest BCUT2D eigenvalue weighted by atomic mass is 10.2. The van der Waals surface area contributed by atoms with E-state index in [1.807, 2.05) is 0 Å². The fraction of sp³-hybridized carbons (Fsp3) is 1.00. The SMILES string of the molecule is CC(C)(C)OP(C)(=O)OCCl. The number of halogens is 1. The first-order chi connectivity index (χ1) is 4.77. The van der Waals surface area contributed by atoms with E-state index in [2.05, 4.69) is 0 Å². The molecule has 0 radical (unpaired) electrons. The summed E-state index contributed by atoms with van der Waals surface area (Å²) in [5.41, 5.74) is -0.462. The van der Waals surface area contributed by atoms with Gasteiger partial charge in [-0.05, 0) is 20.8 Å². The zero-order valence-electron chi connectivity index (χ0n) is 7.26. The molecule has 0 bridgehead atoms. The van der Waals surface area contributed by atoms with Crippen molar-refractivity contribution < 1.29 is 13.6 Å². The van der Waals surface area contributed by atoms with Crippen LogP contribution in [0.4, 0.5) is 0 Å². The van der Waals surface area contributed by atoms with Gasteiger partial charge in [0.15, 0.2) is 0 Å². The lowest BCUT2D eigenvalue weighted by Gasteiger charge is -2.23. The Hall–Kier alpha value is 0.440. The fourth-order valence-electron chi connectivity index (χ4n) is 0.612. The highest BCUT2D eigenvalue weighted by Gasteiger charge is 2.24. The van der Waals surface area contributed by atoms with Gasteiger partial charge >= 0.3 is 7.60 Å². The van der Waals surface area contributed by atoms with Crippen LogP contribution in [0.2, 0.25) is 0 Å². The lowest BCUT2D eigenvalue weighted by molar-refractivity contribution is 0.104. The Kier molecular flexibility index (Phi) is 4.06. The first-order valence-electron chi connectivity index (χ1n) is 3.25. The predicted octanol–water partition coefficient (Wildman–Crippen LogP) is 2.84. The number of alkyl halides is 1. The van der Waals surface area contributed by atoms with Crippen LogP contribution in [0.5, 0.6) is 0 Å². The summed E-state index contributed by atoms with van der Waals surface area (Å²) in [6.07, 6.45) is 0. The molecule has 0 N–H and O–H groups in total. The first-order valence-corrected chi connectivity index (χ1v) is 5.78. The molecule has 1 atom stereocenters. The Balaban J connectivity index is 4.03. The molecule has 5 heteroatoms. The molecule has 1 unspecified atom stereocenters. The van der Waals surface area contributed by atoms with E-state index in [4.69, 9.17) is 20.6 Å². The summed E-state index contributed by atoms with van der Waals surface area (Å²) in [4.78, 5) is 0. The Morgan fingerprint density at radius 3 is 2.18 bits per heavy atom. The van der Waals surface area contributed by atoms with Crippen LogP contribution in [0.3, 0.4) is 0 Å². The molecule has 3 nitrogen and oxygen atoms in total. The Labute approximate surface area is 72.6 Å². The number of hydrogen-bond acceptors (Lipinski definition) is 3. The monoisotopic (exact) mass is 200 g/mol. The van der Waals surface area contributed by atoms with E-state index in [0.29, 0.717) is 0 Å². The van der Waals surface area contributed by atoms with Crippen LogP contribution in [0.15, 0.2) is 0 Å². The minimum absolute atomic E-state index is 0.107. The summed E-state index contributed by atoms with van der Waals surface area (Å²) >= 11 is 5.24. The van der Waals surface area contributed by atoms with Crippen LogP contribution in [-0.2, 0) is 13.6 Å². The molecule has 0 fully saturated rings. The molecular weight excluding hydrogens is 186 g/mol. The van der Waals surface area contributed by atoms with Gasteiger partial charge in [0, 0.05) is 6.66 Å². The Morgan fingerprint density at radius 1 is 1.45 bits per heavy atom. The van der Waals surface area contributed by atoms with Crippen LogP contribution < -0.4 is 0 Å². The molecule has 0 spiro atoms. The highest BCUT2D eigenvalue weighted by Crippen LogP contribution is 2.47. The van der Waals surface area contributed by atoms with E-state index in [9.17, 15) is 4.57 Å². The van der Waals surface area contributed by atoms with Crippen LogP contribution >= 0.6 is 19.2 Å². The van der Waals surface area contributed by atoms with Crippen LogP contribution in [0.25, 0.3) is 0 Å². The van der Waals surface area contributed by atoms with Crippen molar-refractivity contribution in [1.29, 1.82) is 0 Å². The zero-order chi connectivity index (χ0) is 9.12. The average Bonchev–Trinajstić information content (AvgIpc) is 1.55. The standard InChI is InChI=1S/C6H14ClO3P/c1-6(2,3)10-11(4,8)9-5-7/h5H2,1-4H3. The quantitative estimate of drug-likeness (QED) is 0.519. The Morgan fingerprint density at radius 2 is 1.91 bits per heavy atom. The van der Waals surface area contributed by atoms with Gasteiger partial charge in [-0.15, -0.1) is 0 Å². The summed E-state index contributed by atoms with van der Waals surface area (Å²) in [7, 11) is -2.95. The van der Waals surface area contributed by atoms with Gasteiger partial charge in [-0.25, -0.2) is 0 Å². The van der Waals surface area contributed by atoms with Crippen molar-refractivity contribution >= 4 is 19.2 Å². The molecule has 0 aromatic carbocycles. The zero-order valence-corrected chi connectivity index (χ0v) is 8.91. The molecule has 11 heavy (non-hydrogen) atoms. The second-order valence-corrected chi connectivity index (χ2v) is 5.41. The molecular formula is C6H14ClO3P. The first kappa shape index (κ1) is 11.4. The van der Waals surface area contributed by atoms with E-state index < -0.39 is 13.2 Å². The maximum absolute atomic E-state index is 11.3. The van der Waals surface area contributed by atoms with E-state index in [1.165, 1.54) is 6.66 Å². The van der Waals surface area contributed by atoms with Crippen LogP contribution in [0, 0.1) is 0 Å². The van der Waals surface area contributed by atoms with Gasteiger partial charge in [0.05, 0.1) is 5.60 Å². The Bertz CT molecular complexity index is 164. The van der Waals surface area contributed by atoms with Gasteiger partial charge in [0.2, 0.25) is 0 Å². The van der Waals surface area contributed by atoms with Gasteiger partial charge in [-0.3, -0.25) is 9.09 Å². The van der Waals surface area contributed by atoms with Gasteiger partial charge < -0.3 is 4.52 Å². The van der Waals surface area contributed by atoms with E-state index in [-0.39, 0.29) is 6.07 Å². The minimum atomic E-state index is -2.95. The second kappa shape index (κ2) is 3.90. The molecule has 0 aromatic rings. The summed E-state index contributed by atoms with van der Waals surface area (Å²) in [5, 5.41) is 0. The largest absolute Gasteiger partial charge is 0.329 e. The predicted molar refractivity (Wildman–Crippen MR) is 46.2 cm³/mol. The topological polar surface area (TPSA) is 35.5 Å². The van der Waals surface area contributed by atoms with Gasteiger partial charge in [0.25, 0.3) is 0 Å². The lowest BCUT2D eigenvalue weighted by Crippen LogP contribution is -2.17. The third kappa shape index (κ3) is 6.82. The molecule has 0 amide bonds. The average molecular weight is 201 g/mol. The third-order valence-corrected chi connectivity index (χ3v) is 2.46. The summed E-state index contributed by atoms with van der Waals surface area (Å²) in [6, 6.07) is -0.107. The summed E-state index contributed by atoms with van der Waals surface area (Å²) < 4.78 is 21.1. The van der Waals surface area contributed by atoms with Crippen molar-refractivity contribution in [3.63, 3.8) is 0 Å². The molecule has 0 aliphatic carbocycles. The van der Waals surface area contributed by atoms with Crippen LogP contribution in [0.1, 0.15) is 20.8 Å². The molecule has 0 heterocycles. The molecule has 0 rings (SSSR count). The normalized spacial score (nSPS) is 17.9. The van der Waals surface area contributed by atoms with Crippen molar-refractivity contribution in [3.8, 4) is 0 Å². The minimum Gasteiger partial charge on any atom is -0.303 e. The van der Waals surface area contributed by atoms with E-state index in [0.717, 1.165) is 0 Å². The van der Waals surface area contributed by atoms with Gasteiger partial charge in [-0.2, -0.15) is 0 Å². The highest BCUT2D eigenvalue weighted by atomic mass is 35.5. The van der Waals surface area contributed by atoms with E-state index in [1.54, 1.807) is 20.8 Å². The summed E-state index contributed by atoms with van der Waals surface area (Å²) in [5.74, 6) is 0. The number of hydrogen-bond donors (Lipinski definition) is 0. The highest BCUT2D eigenvalue weighted by molar-refractivity contribution is 7.53. The van der Waals surface area contributed by atoms with E-state index >= 15 is 0 Å². The van der Waals surface area contributed by atoms with Crippen molar-refractivity contribution in [3.05, 3.63) is 0 Å². The van der Waals surface area contributed by atoms with Crippen molar-refractivity contribution in [1.82, 2.24) is 0 Å². The maximum Gasteiger partial charge on any atom is 0.329 e. The van der Waals surface area contributed by atoms with Crippen molar-refractivity contribution in [2.75, 3.05) is 12.7 Å². The maximum atomic E-state index is 11.3. The molecule has 0 aromatic heterocycles. The third-order valence-electron chi connectivity index (χ3n) is 0.723. The molecule has 0 aliphatic heterocycles. The fourth-order valence-corrected chi connectivity index (χ4v) is 2.37. The second-order valence-electron chi connectivity index (χ2n) is 3.21. The molecule has 0 saturated carbocycles. The molecule has 0 aliphatic rings. The molecule has 0 saturated heterocycles. The van der Waals surface area contributed by atoms with Gasteiger partial charge in [0.1, 0.15) is 6.07 Å².